The molecule has 2 aromatic rings. The van der Waals surface area contributed by atoms with E-state index >= 15 is 0 Å². The van der Waals surface area contributed by atoms with Gasteiger partial charge in [-0.2, -0.15) is 0 Å². The van der Waals surface area contributed by atoms with Crippen LogP contribution in [0.15, 0.2) is 48.5 Å². The van der Waals surface area contributed by atoms with E-state index in [0.717, 1.165) is 11.1 Å². The van der Waals surface area contributed by atoms with E-state index in [2.05, 4.69) is 10.6 Å². The highest BCUT2D eigenvalue weighted by molar-refractivity contribution is 6.02. The molecule has 3 N–H and O–H groups in total. The van der Waals surface area contributed by atoms with Crippen LogP contribution in [0.5, 0.6) is 11.5 Å². The molecule has 2 aromatic carbocycles. The van der Waals surface area contributed by atoms with Crippen molar-refractivity contribution in [1.29, 1.82) is 0 Å². The quantitative estimate of drug-likeness (QED) is 0.551. The lowest BCUT2D eigenvalue weighted by molar-refractivity contribution is -0.122. The summed E-state index contributed by atoms with van der Waals surface area (Å²) in [5.41, 5.74) is 1.57. The van der Waals surface area contributed by atoms with Crippen LogP contribution < -0.4 is 20.1 Å². The van der Waals surface area contributed by atoms with E-state index in [-0.39, 0.29) is 24.8 Å². The highest BCUT2D eigenvalue weighted by Crippen LogP contribution is 2.28. The number of anilines is 1. The van der Waals surface area contributed by atoms with Crippen LogP contribution in [0.2, 0.25) is 0 Å². The fourth-order valence-electron chi connectivity index (χ4n) is 2.66. The zero-order valence-electron chi connectivity index (χ0n) is 17.7. The van der Waals surface area contributed by atoms with Crippen molar-refractivity contribution in [3.8, 4) is 11.5 Å². The summed E-state index contributed by atoms with van der Waals surface area (Å²) >= 11 is 0. The van der Waals surface area contributed by atoms with Crippen LogP contribution in [0, 0.1) is 0 Å². The van der Waals surface area contributed by atoms with Crippen molar-refractivity contribution < 1.29 is 24.2 Å². The molecule has 0 aliphatic heterocycles. The maximum Gasteiger partial charge on any atom is 0.248 e. The van der Waals surface area contributed by atoms with Gasteiger partial charge in [0.2, 0.25) is 11.8 Å². The van der Waals surface area contributed by atoms with Crippen molar-refractivity contribution in [2.24, 2.45) is 0 Å². The number of aliphatic hydroxyl groups excluding tert-OH is 1. The first-order chi connectivity index (χ1) is 14.3. The molecule has 7 nitrogen and oxygen atoms in total. The van der Waals surface area contributed by atoms with Crippen LogP contribution in [0.25, 0.3) is 6.08 Å². The number of amides is 2. The number of ether oxygens (including phenoxy) is 2. The second-order valence-electron chi connectivity index (χ2n) is 7.40. The van der Waals surface area contributed by atoms with Crippen LogP contribution >= 0.6 is 0 Å². The summed E-state index contributed by atoms with van der Waals surface area (Å²) in [4.78, 5) is 24.2. The minimum atomic E-state index is -0.661. The fraction of sp³-hybridized carbons (Fsp3) is 0.304. The topological polar surface area (TPSA) is 96.9 Å². The van der Waals surface area contributed by atoms with E-state index in [0.29, 0.717) is 17.2 Å². The molecule has 0 unspecified atom stereocenters. The van der Waals surface area contributed by atoms with Gasteiger partial charge in [-0.3, -0.25) is 9.59 Å². The maximum atomic E-state index is 12.2. The number of hydrogen-bond donors (Lipinski definition) is 3. The van der Waals surface area contributed by atoms with E-state index in [1.165, 1.54) is 6.08 Å². The molecular formula is C23H28N2O5. The number of carbonyl (C=O) groups excluding carboxylic acids is 2. The SMILES string of the molecule is COc1ccc(/C=C/C(=O)Nc2ccc(CC(=O)NC(C)(C)CO)cc2)cc1OC. The number of aliphatic hydroxyl groups is 1. The Kier molecular flexibility index (Phi) is 8.00. The third-order valence-corrected chi connectivity index (χ3v) is 4.29. The molecule has 30 heavy (non-hydrogen) atoms. The van der Waals surface area contributed by atoms with Gasteiger partial charge in [-0.05, 0) is 55.3 Å². The van der Waals surface area contributed by atoms with Gasteiger partial charge in [-0.1, -0.05) is 18.2 Å². The number of benzene rings is 2. The predicted octanol–water partition coefficient (Wildman–Crippen LogP) is 2.79. The summed E-state index contributed by atoms with van der Waals surface area (Å²) in [7, 11) is 3.12. The molecule has 0 aromatic heterocycles. The Labute approximate surface area is 176 Å². The van der Waals surface area contributed by atoms with Gasteiger partial charge >= 0.3 is 0 Å². The summed E-state index contributed by atoms with van der Waals surface area (Å²) in [6.45, 7) is 3.36. The molecule has 0 spiro atoms. The van der Waals surface area contributed by atoms with Crippen molar-refractivity contribution in [2.45, 2.75) is 25.8 Å². The molecule has 2 rings (SSSR count). The van der Waals surface area contributed by atoms with E-state index in [1.807, 2.05) is 6.07 Å². The monoisotopic (exact) mass is 412 g/mol. The molecular weight excluding hydrogens is 384 g/mol. The van der Waals surface area contributed by atoms with Gasteiger partial charge in [0.05, 0.1) is 32.8 Å². The molecule has 160 valence electrons. The minimum absolute atomic E-state index is 0.138. The molecule has 2 amide bonds. The van der Waals surface area contributed by atoms with Gasteiger partial charge in [-0.25, -0.2) is 0 Å². The molecule has 0 aliphatic carbocycles. The summed E-state index contributed by atoms with van der Waals surface area (Å²) in [6, 6.07) is 12.4. The van der Waals surface area contributed by atoms with Crippen molar-refractivity contribution in [1.82, 2.24) is 5.32 Å². The van der Waals surface area contributed by atoms with Crippen LogP contribution in [-0.2, 0) is 16.0 Å². The molecule has 0 saturated carbocycles. The highest BCUT2D eigenvalue weighted by Gasteiger charge is 2.18. The summed E-state index contributed by atoms with van der Waals surface area (Å²) < 4.78 is 10.4. The van der Waals surface area contributed by atoms with Crippen LogP contribution in [0.1, 0.15) is 25.0 Å². The van der Waals surface area contributed by atoms with E-state index < -0.39 is 5.54 Å². The van der Waals surface area contributed by atoms with Gasteiger partial charge < -0.3 is 25.2 Å². The molecule has 0 heterocycles. The van der Waals surface area contributed by atoms with Gasteiger partial charge in [0.1, 0.15) is 0 Å². The Morgan fingerprint density at radius 3 is 2.30 bits per heavy atom. The van der Waals surface area contributed by atoms with Crippen molar-refractivity contribution in [2.75, 3.05) is 26.1 Å². The van der Waals surface area contributed by atoms with Crippen molar-refractivity contribution >= 4 is 23.6 Å². The van der Waals surface area contributed by atoms with E-state index in [1.54, 1.807) is 70.5 Å². The smallest absolute Gasteiger partial charge is 0.248 e. The van der Waals surface area contributed by atoms with E-state index in [4.69, 9.17) is 9.47 Å². The Hall–Kier alpha value is -3.32. The number of hydrogen-bond acceptors (Lipinski definition) is 5. The average Bonchev–Trinajstić information content (AvgIpc) is 2.73. The van der Waals surface area contributed by atoms with Gasteiger partial charge in [0, 0.05) is 11.8 Å². The number of nitrogens with one attached hydrogen (secondary N) is 2. The molecule has 0 saturated heterocycles. The largest absolute Gasteiger partial charge is 0.493 e. The third-order valence-electron chi connectivity index (χ3n) is 4.29. The Balaban J connectivity index is 1.93. The minimum Gasteiger partial charge on any atom is -0.493 e. The lowest BCUT2D eigenvalue weighted by Gasteiger charge is -2.23. The highest BCUT2D eigenvalue weighted by atomic mass is 16.5. The maximum absolute atomic E-state index is 12.2. The summed E-state index contributed by atoms with van der Waals surface area (Å²) in [5, 5.41) is 14.8. The lowest BCUT2D eigenvalue weighted by atomic mass is 10.1. The van der Waals surface area contributed by atoms with E-state index in [9.17, 15) is 14.7 Å². The lowest BCUT2D eigenvalue weighted by Crippen LogP contribution is -2.46. The molecule has 0 bridgehead atoms. The molecule has 0 radical (unpaired) electrons. The number of rotatable bonds is 9. The van der Waals surface area contributed by atoms with Crippen LogP contribution in [-0.4, -0.2) is 43.3 Å². The molecule has 0 atom stereocenters. The summed E-state index contributed by atoms with van der Waals surface area (Å²) in [6.07, 6.45) is 3.30. The number of methoxy groups -OCH3 is 2. The predicted molar refractivity (Wildman–Crippen MR) is 117 cm³/mol. The van der Waals surface area contributed by atoms with Crippen LogP contribution in [0.3, 0.4) is 0 Å². The first kappa shape index (κ1) is 23.0. The van der Waals surface area contributed by atoms with Crippen LogP contribution in [0.4, 0.5) is 5.69 Å². The molecule has 0 aliphatic rings. The van der Waals surface area contributed by atoms with Gasteiger partial charge in [0.15, 0.2) is 11.5 Å². The standard InChI is InChI=1S/C23H28N2O5/c1-23(2,15-26)25-22(28)14-17-5-9-18(10-6-17)24-21(27)12-8-16-7-11-19(29-3)20(13-16)30-4/h5-13,26H,14-15H2,1-4H3,(H,24,27)(H,25,28)/b12-8+. The molecule has 7 heteroatoms. The fourth-order valence-corrected chi connectivity index (χ4v) is 2.66. The zero-order chi connectivity index (χ0) is 22.1. The molecule has 0 fully saturated rings. The third kappa shape index (κ3) is 6.93. The van der Waals surface area contributed by atoms with Crippen molar-refractivity contribution in [3.05, 3.63) is 59.7 Å². The normalized spacial score (nSPS) is 11.2. The first-order valence-electron chi connectivity index (χ1n) is 9.48. The Morgan fingerprint density at radius 1 is 1.03 bits per heavy atom. The Bertz CT molecular complexity index is 904. The second kappa shape index (κ2) is 10.5. The number of carbonyl (C=O) groups is 2. The zero-order valence-corrected chi connectivity index (χ0v) is 17.7. The first-order valence-corrected chi connectivity index (χ1v) is 9.48. The van der Waals surface area contributed by atoms with Gasteiger partial charge in [-0.15, -0.1) is 0 Å². The second-order valence-corrected chi connectivity index (χ2v) is 7.40. The average molecular weight is 412 g/mol. The van der Waals surface area contributed by atoms with Gasteiger partial charge in [0.25, 0.3) is 0 Å². The summed E-state index contributed by atoms with van der Waals surface area (Å²) in [5.74, 6) is 0.749. The Morgan fingerprint density at radius 2 is 1.70 bits per heavy atom. The van der Waals surface area contributed by atoms with Crippen molar-refractivity contribution in [3.63, 3.8) is 0 Å².